The molecular weight excluding hydrogens is 332 g/mol. The van der Waals surface area contributed by atoms with Crippen molar-refractivity contribution in [3.05, 3.63) is 52.9 Å². The molecule has 1 aliphatic rings. The van der Waals surface area contributed by atoms with Crippen LogP contribution in [0.3, 0.4) is 0 Å². The quantitative estimate of drug-likeness (QED) is 0.583. The average Bonchev–Trinajstić information content (AvgIpc) is 3.04. The van der Waals surface area contributed by atoms with Crippen LogP contribution in [0.4, 0.5) is 0 Å². The van der Waals surface area contributed by atoms with Gasteiger partial charge in [-0.05, 0) is 61.1 Å². The van der Waals surface area contributed by atoms with Crippen LogP contribution in [0.15, 0.2) is 41.8 Å². The van der Waals surface area contributed by atoms with Crippen molar-refractivity contribution >= 4 is 21.4 Å². The van der Waals surface area contributed by atoms with E-state index in [0.29, 0.717) is 5.92 Å². The Kier molecular flexibility index (Phi) is 4.64. The lowest BCUT2D eigenvalue weighted by atomic mass is 9.92. The first-order valence-corrected chi connectivity index (χ1v) is 9.54. The van der Waals surface area contributed by atoms with Gasteiger partial charge in [-0.25, -0.2) is 0 Å². The summed E-state index contributed by atoms with van der Waals surface area (Å²) in [5.74, 6) is 3.26. The molecule has 4 heteroatoms. The van der Waals surface area contributed by atoms with Gasteiger partial charge in [0, 0.05) is 28.7 Å². The summed E-state index contributed by atoms with van der Waals surface area (Å²) >= 11 is 1.70. The van der Waals surface area contributed by atoms with E-state index in [1.54, 1.807) is 18.4 Å². The first kappa shape index (κ1) is 16.4. The molecular formula is C21H22O3S. The highest BCUT2D eigenvalue weighted by Gasteiger charge is 2.16. The third-order valence-corrected chi connectivity index (χ3v) is 5.78. The van der Waals surface area contributed by atoms with Crippen LogP contribution in [0.25, 0.3) is 10.1 Å². The van der Waals surface area contributed by atoms with Gasteiger partial charge in [0.1, 0.15) is 17.2 Å². The van der Waals surface area contributed by atoms with E-state index < -0.39 is 0 Å². The van der Waals surface area contributed by atoms with E-state index in [9.17, 15) is 0 Å². The highest BCUT2D eigenvalue weighted by molar-refractivity contribution is 7.17. The number of hydrogen-bond acceptors (Lipinski definition) is 4. The second-order valence-corrected chi connectivity index (χ2v) is 7.39. The van der Waals surface area contributed by atoms with E-state index in [-0.39, 0.29) is 0 Å². The zero-order valence-corrected chi connectivity index (χ0v) is 15.4. The Bertz CT molecular complexity index is 861. The summed E-state index contributed by atoms with van der Waals surface area (Å²) < 4.78 is 18.3. The molecule has 0 aliphatic carbocycles. The van der Waals surface area contributed by atoms with Gasteiger partial charge < -0.3 is 14.2 Å². The highest BCUT2D eigenvalue weighted by Crippen LogP contribution is 2.39. The summed E-state index contributed by atoms with van der Waals surface area (Å²) in [5.41, 5.74) is 2.52. The van der Waals surface area contributed by atoms with E-state index in [2.05, 4.69) is 48.7 Å². The van der Waals surface area contributed by atoms with Gasteiger partial charge in [0.25, 0.3) is 0 Å². The van der Waals surface area contributed by atoms with Gasteiger partial charge in [0.05, 0.1) is 7.11 Å². The molecule has 2 heterocycles. The lowest BCUT2D eigenvalue weighted by Crippen LogP contribution is -2.13. The van der Waals surface area contributed by atoms with E-state index >= 15 is 0 Å². The lowest BCUT2D eigenvalue weighted by Gasteiger charge is -2.22. The Morgan fingerprint density at radius 3 is 2.52 bits per heavy atom. The van der Waals surface area contributed by atoms with Crippen molar-refractivity contribution in [2.75, 3.05) is 20.3 Å². The van der Waals surface area contributed by atoms with Gasteiger partial charge in [-0.15, -0.1) is 11.3 Å². The van der Waals surface area contributed by atoms with Crippen LogP contribution in [-0.2, 0) is 4.74 Å². The number of benzene rings is 2. The Balaban J connectivity index is 1.56. The summed E-state index contributed by atoms with van der Waals surface area (Å²) in [6.07, 6.45) is 2.21. The van der Waals surface area contributed by atoms with Crippen LogP contribution in [-0.4, -0.2) is 20.3 Å². The van der Waals surface area contributed by atoms with Crippen molar-refractivity contribution < 1.29 is 14.2 Å². The molecule has 1 aromatic heterocycles. The Labute approximate surface area is 152 Å². The van der Waals surface area contributed by atoms with Gasteiger partial charge in [0.15, 0.2) is 0 Å². The molecule has 25 heavy (non-hydrogen) atoms. The van der Waals surface area contributed by atoms with Crippen LogP contribution < -0.4 is 9.47 Å². The standard InChI is InChI=1S/C21H22O3S/c1-14-11-21-18(12-19(14)22-2)20(13-25-21)24-17-5-3-15(4-6-17)16-7-9-23-10-8-16/h3-6,11-13,16H,7-10H2,1-2H3. The summed E-state index contributed by atoms with van der Waals surface area (Å²) in [5, 5.41) is 3.16. The molecule has 4 rings (SSSR count). The Hall–Kier alpha value is -2.04. The van der Waals surface area contributed by atoms with Crippen LogP contribution in [0.1, 0.15) is 29.9 Å². The largest absolute Gasteiger partial charge is 0.496 e. The summed E-state index contributed by atoms with van der Waals surface area (Å²) in [6.45, 7) is 3.80. The predicted molar refractivity (Wildman–Crippen MR) is 102 cm³/mol. The third kappa shape index (κ3) is 3.37. The topological polar surface area (TPSA) is 27.7 Å². The Morgan fingerprint density at radius 2 is 1.80 bits per heavy atom. The maximum Gasteiger partial charge on any atom is 0.146 e. The molecule has 0 N–H and O–H groups in total. The number of ether oxygens (including phenoxy) is 3. The minimum absolute atomic E-state index is 0.608. The molecule has 0 spiro atoms. The van der Waals surface area contributed by atoms with Crippen molar-refractivity contribution in [3.63, 3.8) is 0 Å². The first-order chi connectivity index (χ1) is 12.2. The first-order valence-electron chi connectivity index (χ1n) is 8.66. The molecule has 0 unspecified atom stereocenters. The van der Waals surface area contributed by atoms with E-state index in [0.717, 1.165) is 54.3 Å². The molecule has 0 amide bonds. The van der Waals surface area contributed by atoms with E-state index in [4.69, 9.17) is 14.2 Å². The molecule has 1 aliphatic heterocycles. The van der Waals surface area contributed by atoms with Crippen LogP contribution in [0.2, 0.25) is 0 Å². The third-order valence-electron chi connectivity index (χ3n) is 4.86. The van der Waals surface area contributed by atoms with Crippen molar-refractivity contribution in [2.24, 2.45) is 0 Å². The summed E-state index contributed by atoms with van der Waals surface area (Å²) in [7, 11) is 1.70. The Morgan fingerprint density at radius 1 is 1.04 bits per heavy atom. The van der Waals surface area contributed by atoms with Crippen molar-refractivity contribution in [3.8, 4) is 17.2 Å². The van der Waals surface area contributed by atoms with Gasteiger partial charge >= 0.3 is 0 Å². The maximum atomic E-state index is 6.14. The van der Waals surface area contributed by atoms with E-state index in [1.807, 2.05) is 0 Å². The van der Waals surface area contributed by atoms with Gasteiger partial charge in [-0.3, -0.25) is 0 Å². The second kappa shape index (κ2) is 7.06. The normalized spacial score (nSPS) is 15.4. The summed E-state index contributed by atoms with van der Waals surface area (Å²) in [4.78, 5) is 0. The van der Waals surface area contributed by atoms with Gasteiger partial charge in [-0.1, -0.05) is 12.1 Å². The molecule has 130 valence electrons. The predicted octanol–water partition coefficient (Wildman–Crippen LogP) is 5.90. The number of aryl methyl sites for hydroxylation is 1. The number of thiophene rings is 1. The molecule has 3 nitrogen and oxygen atoms in total. The number of fused-ring (bicyclic) bond motifs is 1. The minimum Gasteiger partial charge on any atom is -0.496 e. The number of methoxy groups -OCH3 is 1. The van der Waals surface area contributed by atoms with Crippen molar-refractivity contribution in [1.82, 2.24) is 0 Å². The molecule has 2 aromatic carbocycles. The lowest BCUT2D eigenvalue weighted by molar-refractivity contribution is 0.0853. The monoisotopic (exact) mass is 354 g/mol. The number of rotatable bonds is 4. The molecule has 0 saturated carbocycles. The van der Waals surface area contributed by atoms with Crippen LogP contribution >= 0.6 is 11.3 Å². The van der Waals surface area contributed by atoms with Crippen LogP contribution in [0.5, 0.6) is 17.2 Å². The molecule has 0 radical (unpaired) electrons. The fourth-order valence-corrected chi connectivity index (χ4v) is 4.34. The molecule has 3 aromatic rings. The molecule has 0 bridgehead atoms. The highest BCUT2D eigenvalue weighted by atomic mass is 32.1. The van der Waals surface area contributed by atoms with Gasteiger partial charge in [0.2, 0.25) is 0 Å². The van der Waals surface area contributed by atoms with Crippen molar-refractivity contribution in [1.29, 1.82) is 0 Å². The number of hydrogen-bond donors (Lipinski definition) is 0. The zero-order valence-electron chi connectivity index (χ0n) is 14.6. The second-order valence-electron chi connectivity index (χ2n) is 6.48. The fourth-order valence-electron chi connectivity index (χ4n) is 3.40. The fraction of sp³-hybridized carbons (Fsp3) is 0.333. The molecule has 1 fully saturated rings. The van der Waals surface area contributed by atoms with E-state index in [1.165, 1.54) is 10.3 Å². The average molecular weight is 354 g/mol. The smallest absolute Gasteiger partial charge is 0.146 e. The zero-order chi connectivity index (χ0) is 17.2. The molecule has 1 saturated heterocycles. The van der Waals surface area contributed by atoms with Crippen molar-refractivity contribution in [2.45, 2.75) is 25.7 Å². The molecule has 0 atom stereocenters. The van der Waals surface area contributed by atoms with Gasteiger partial charge in [-0.2, -0.15) is 0 Å². The summed E-state index contributed by atoms with van der Waals surface area (Å²) in [6, 6.07) is 12.7. The minimum atomic E-state index is 0.608. The van der Waals surface area contributed by atoms with Crippen LogP contribution in [0, 0.1) is 6.92 Å². The maximum absolute atomic E-state index is 6.14. The SMILES string of the molecule is COc1cc2c(Oc3ccc(C4CCOCC4)cc3)csc2cc1C.